The summed E-state index contributed by atoms with van der Waals surface area (Å²) in [5.74, 6) is 0.774. The maximum atomic E-state index is 12.0. The number of fused-ring (bicyclic) bond motifs is 1. The first-order chi connectivity index (χ1) is 16.7. The molecule has 1 aromatic heterocycles. The van der Waals surface area contributed by atoms with Crippen molar-refractivity contribution in [3.05, 3.63) is 76.2 Å². The first kappa shape index (κ1) is 22.6. The Kier molecular flexibility index (Phi) is 6.92. The van der Waals surface area contributed by atoms with Crippen LogP contribution in [0.25, 0.3) is 11.1 Å². The van der Waals surface area contributed by atoms with Gasteiger partial charge in [-0.3, -0.25) is 9.36 Å². The van der Waals surface area contributed by atoms with E-state index in [2.05, 4.69) is 48.3 Å². The molecule has 3 heterocycles. The molecule has 34 heavy (non-hydrogen) atoms. The van der Waals surface area contributed by atoms with Crippen LogP contribution in [0.1, 0.15) is 31.0 Å². The zero-order chi connectivity index (χ0) is 23.3. The molecule has 2 unspecified atom stereocenters. The predicted molar refractivity (Wildman–Crippen MR) is 128 cm³/mol. The summed E-state index contributed by atoms with van der Waals surface area (Å²) in [4.78, 5) is 16.0. The lowest BCUT2D eigenvalue weighted by Crippen LogP contribution is -2.23. The molecule has 5 rings (SSSR count). The molecule has 0 N–H and O–H groups in total. The van der Waals surface area contributed by atoms with E-state index < -0.39 is 0 Å². The fraction of sp³-hybridized carbons (Fsp3) is 0.407. The average molecular weight is 463 g/mol. The normalized spacial score (nSPS) is 19.1. The van der Waals surface area contributed by atoms with Gasteiger partial charge in [0, 0.05) is 12.7 Å². The predicted octanol–water partition coefficient (Wildman–Crippen LogP) is 4.01. The van der Waals surface area contributed by atoms with E-state index in [1.807, 2.05) is 16.7 Å². The van der Waals surface area contributed by atoms with Crippen LogP contribution in [0, 0.1) is 0 Å². The first-order valence-corrected chi connectivity index (χ1v) is 12.0. The number of ether oxygens (including phenoxy) is 4. The quantitative estimate of drug-likeness (QED) is 0.479. The molecule has 2 aromatic carbocycles. The lowest BCUT2D eigenvalue weighted by atomic mass is 10.0. The van der Waals surface area contributed by atoms with Gasteiger partial charge in [0.25, 0.3) is 5.56 Å². The van der Waals surface area contributed by atoms with Crippen molar-refractivity contribution in [1.82, 2.24) is 9.55 Å². The Labute approximate surface area is 199 Å². The van der Waals surface area contributed by atoms with Crippen molar-refractivity contribution in [3.63, 3.8) is 0 Å². The van der Waals surface area contributed by atoms with Crippen LogP contribution in [0.5, 0.6) is 11.8 Å². The molecule has 0 bridgehead atoms. The highest BCUT2D eigenvalue weighted by Gasteiger charge is 2.27. The minimum Gasteiger partial charge on any atom is -0.490 e. The molecule has 2 aliphatic rings. The number of hydrogen-bond donors (Lipinski definition) is 0. The van der Waals surface area contributed by atoms with E-state index in [1.54, 1.807) is 0 Å². The van der Waals surface area contributed by atoms with Crippen LogP contribution in [0.15, 0.2) is 59.4 Å². The second-order valence-electron chi connectivity index (χ2n) is 8.75. The van der Waals surface area contributed by atoms with Crippen LogP contribution >= 0.6 is 0 Å². The molecule has 0 radical (unpaired) electrons. The van der Waals surface area contributed by atoms with E-state index in [4.69, 9.17) is 18.9 Å². The van der Waals surface area contributed by atoms with Crippen LogP contribution < -0.4 is 15.0 Å². The van der Waals surface area contributed by atoms with Gasteiger partial charge in [-0.25, -0.2) is 0 Å². The molecule has 3 aromatic rings. The molecule has 0 saturated carbocycles. The highest BCUT2D eigenvalue weighted by Crippen LogP contribution is 2.25. The van der Waals surface area contributed by atoms with Gasteiger partial charge in [0.05, 0.1) is 31.6 Å². The second kappa shape index (κ2) is 10.4. The van der Waals surface area contributed by atoms with Crippen LogP contribution in [0.2, 0.25) is 0 Å². The van der Waals surface area contributed by atoms with Gasteiger partial charge in [0.2, 0.25) is 0 Å². The van der Waals surface area contributed by atoms with Crippen LogP contribution in [-0.2, 0) is 29.0 Å². The standard InChI is InChI=1S/C27H30N2O5/c1-2-19-5-7-20(8-6-19)21-9-11-23(12-10-21)33-18-25-15-29-22(14-26(30)28-27(29)34-25)16-31-17-24-4-3-13-32-24/h5-12,14,24-25H,2-4,13,15-18H2,1H3. The molecule has 1 saturated heterocycles. The molecule has 2 atom stereocenters. The Morgan fingerprint density at radius 3 is 2.50 bits per heavy atom. The maximum Gasteiger partial charge on any atom is 0.300 e. The zero-order valence-electron chi connectivity index (χ0n) is 19.4. The molecule has 1 fully saturated rings. The van der Waals surface area contributed by atoms with Crippen LogP contribution in [0.4, 0.5) is 0 Å². The molecule has 2 aliphatic heterocycles. The maximum absolute atomic E-state index is 12.0. The van der Waals surface area contributed by atoms with Gasteiger partial charge < -0.3 is 18.9 Å². The smallest absolute Gasteiger partial charge is 0.300 e. The van der Waals surface area contributed by atoms with E-state index in [0.717, 1.165) is 42.9 Å². The molecule has 0 aliphatic carbocycles. The highest BCUT2D eigenvalue weighted by atomic mass is 16.6. The van der Waals surface area contributed by atoms with E-state index in [-0.39, 0.29) is 17.8 Å². The van der Waals surface area contributed by atoms with Crippen molar-refractivity contribution >= 4 is 0 Å². The minimum atomic E-state index is -0.328. The van der Waals surface area contributed by atoms with Gasteiger partial charge in [0.1, 0.15) is 12.4 Å². The fourth-order valence-corrected chi connectivity index (χ4v) is 4.35. The Bertz CT molecular complexity index is 1150. The Balaban J connectivity index is 1.16. The van der Waals surface area contributed by atoms with Crippen molar-refractivity contribution in [2.24, 2.45) is 0 Å². The summed E-state index contributed by atoms with van der Waals surface area (Å²) >= 11 is 0. The van der Waals surface area contributed by atoms with Crippen molar-refractivity contribution in [2.45, 2.75) is 51.5 Å². The molecule has 178 valence electrons. The third kappa shape index (κ3) is 5.32. The van der Waals surface area contributed by atoms with Gasteiger partial charge in [-0.1, -0.05) is 43.3 Å². The largest absolute Gasteiger partial charge is 0.490 e. The number of aryl methyl sites for hydroxylation is 1. The third-order valence-electron chi connectivity index (χ3n) is 6.30. The molecule has 0 amide bonds. The van der Waals surface area contributed by atoms with Crippen molar-refractivity contribution in [1.29, 1.82) is 0 Å². The highest BCUT2D eigenvalue weighted by molar-refractivity contribution is 5.64. The van der Waals surface area contributed by atoms with Crippen LogP contribution in [-0.4, -0.2) is 41.6 Å². The molecular weight excluding hydrogens is 432 g/mol. The summed E-state index contributed by atoms with van der Waals surface area (Å²) in [5.41, 5.74) is 4.09. The zero-order valence-corrected chi connectivity index (χ0v) is 19.4. The number of hydrogen-bond acceptors (Lipinski definition) is 6. The van der Waals surface area contributed by atoms with Gasteiger partial charge in [-0.05, 0) is 48.1 Å². The average Bonchev–Trinajstić information content (AvgIpc) is 3.53. The fourth-order valence-electron chi connectivity index (χ4n) is 4.35. The Morgan fingerprint density at radius 1 is 1.03 bits per heavy atom. The number of rotatable bonds is 9. The van der Waals surface area contributed by atoms with Gasteiger partial charge in [0.15, 0.2) is 6.10 Å². The number of nitrogens with zero attached hydrogens (tertiary/aromatic N) is 2. The minimum absolute atomic E-state index is 0.145. The molecule has 7 nitrogen and oxygen atoms in total. The van der Waals surface area contributed by atoms with E-state index in [1.165, 1.54) is 17.2 Å². The summed E-state index contributed by atoms with van der Waals surface area (Å²) in [6, 6.07) is 18.5. The Morgan fingerprint density at radius 2 is 1.79 bits per heavy atom. The third-order valence-corrected chi connectivity index (χ3v) is 6.30. The van der Waals surface area contributed by atoms with Crippen molar-refractivity contribution in [2.75, 3.05) is 19.8 Å². The first-order valence-electron chi connectivity index (χ1n) is 12.0. The van der Waals surface area contributed by atoms with E-state index in [0.29, 0.717) is 32.4 Å². The van der Waals surface area contributed by atoms with Gasteiger partial charge in [-0.15, -0.1) is 0 Å². The van der Waals surface area contributed by atoms with Crippen LogP contribution in [0.3, 0.4) is 0 Å². The van der Waals surface area contributed by atoms with Gasteiger partial charge >= 0.3 is 6.01 Å². The Hall–Kier alpha value is -3.16. The van der Waals surface area contributed by atoms with E-state index >= 15 is 0 Å². The molecular formula is C27H30N2O5. The van der Waals surface area contributed by atoms with Crippen molar-refractivity contribution < 1.29 is 18.9 Å². The summed E-state index contributed by atoms with van der Waals surface area (Å²) < 4.78 is 25.2. The summed E-state index contributed by atoms with van der Waals surface area (Å²) in [6.45, 7) is 4.72. The van der Waals surface area contributed by atoms with Gasteiger partial charge in [-0.2, -0.15) is 4.98 Å². The SMILES string of the molecule is CCc1ccc(-c2ccc(OCC3Cn4c(COCC5CCCO5)cc(=O)nc4O3)cc2)cc1. The molecule has 0 spiro atoms. The molecule has 7 heteroatoms. The summed E-state index contributed by atoms with van der Waals surface area (Å²) in [5, 5.41) is 0. The topological polar surface area (TPSA) is 71.8 Å². The monoisotopic (exact) mass is 462 g/mol. The van der Waals surface area contributed by atoms with Crippen molar-refractivity contribution in [3.8, 4) is 22.9 Å². The second-order valence-corrected chi connectivity index (χ2v) is 8.75. The summed E-state index contributed by atoms with van der Waals surface area (Å²) in [6.07, 6.45) is 3.04. The number of benzene rings is 2. The lowest BCUT2D eigenvalue weighted by molar-refractivity contribution is 0.00873. The van der Waals surface area contributed by atoms with E-state index in [9.17, 15) is 4.79 Å². The lowest BCUT2D eigenvalue weighted by Gasteiger charge is -2.13. The summed E-state index contributed by atoms with van der Waals surface area (Å²) in [7, 11) is 0. The number of aromatic nitrogens is 2.